The molecule has 3 aromatic rings. The first-order valence-corrected chi connectivity index (χ1v) is 12.4. The van der Waals surface area contributed by atoms with Crippen molar-refractivity contribution in [2.45, 2.75) is 37.6 Å². The van der Waals surface area contributed by atoms with Gasteiger partial charge in [-0.2, -0.15) is 10.4 Å². The van der Waals surface area contributed by atoms with E-state index in [9.17, 15) is 18.1 Å². The Kier molecular flexibility index (Phi) is 6.61. The minimum Gasteiger partial charge on any atom is -0.296 e. The molecule has 0 saturated carbocycles. The van der Waals surface area contributed by atoms with E-state index >= 15 is 0 Å². The summed E-state index contributed by atoms with van der Waals surface area (Å²) in [4.78, 5) is 1.91. The first kappa shape index (κ1) is 23.1. The zero-order valence-electron chi connectivity index (χ0n) is 18.4. The topological polar surface area (TPSA) is 105 Å². The summed E-state index contributed by atoms with van der Waals surface area (Å²) in [5, 5.41) is 19.1. The molecule has 7 nitrogen and oxygen atoms in total. The van der Waals surface area contributed by atoms with Crippen LogP contribution in [0.25, 0.3) is 5.69 Å². The van der Waals surface area contributed by atoms with E-state index in [1.165, 1.54) is 16.8 Å². The molecule has 1 unspecified atom stereocenters. The number of nitriles is 1. The number of aryl methyl sites for hydroxylation is 1. The van der Waals surface area contributed by atoms with E-state index < -0.39 is 15.8 Å². The molecule has 1 atom stereocenters. The molecule has 1 saturated heterocycles. The zero-order valence-corrected chi connectivity index (χ0v) is 19.2. The first-order chi connectivity index (χ1) is 15.7. The Labute approximate surface area is 193 Å². The number of rotatable bonds is 6. The molecule has 1 aromatic heterocycles. The monoisotopic (exact) mass is 467 g/mol. The van der Waals surface area contributed by atoms with E-state index in [2.05, 4.69) is 22.1 Å². The van der Waals surface area contributed by atoms with E-state index in [0.29, 0.717) is 19.5 Å². The maximum absolute atomic E-state index is 15.0. The molecule has 2 aromatic carbocycles. The summed E-state index contributed by atoms with van der Waals surface area (Å²) in [5.74, 6) is -0.708. The lowest BCUT2D eigenvalue weighted by Crippen LogP contribution is -2.34. The number of halogens is 1. The normalized spacial score (nSPS) is 17.1. The van der Waals surface area contributed by atoms with Crippen molar-refractivity contribution in [1.29, 1.82) is 5.26 Å². The van der Waals surface area contributed by atoms with E-state index in [1.54, 1.807) is 0 Å². The molecule has 0 bridgehead atoms. The van der Waals surface area contributed by atoms with Gasteiger partial charge in [0.25, 0.3) is 0 Å². The first-order valence-electron chi connectivity index (χ1n) is 10.8. The number of likely N-dealkylation sites (tertiary alicyclic amines) is 1. The molecule has 0 radical (unpaired) electrons. The van der Waals surface area contributed by atoms with Gasteiger partial charge in [0.2, 0.25) is 10.0 Å². The van der Waals surface area contributed by atoms with E-state index in [4.69, 9.17) is 5.14 Å². The molecule has 0 amide bonds. The molecule has 1 aliphatic rings. The second-order valence-electron chi connectivity index (χ2n) is 8.57. The van der Waals surface area contributed by atoms with Crippen molar-refractivity contribution in [2.75, 3.05) is 13.1 Å². The summed E-state index contributed by atoms with van der Waals surface area (Å²) < 4.78 is 39.7. The molecule has 0 aliphatic carbocycles. The molecule has 0 spiro atoms. The van der Waals surface area contributed by atoms with Crippen molar-refractivity contribution in [3.8, 4) is 11.8 Å². The van der Waals surface area contributed by atoms with Crippen LogP contribution in [-0.2, 0) is 23.0 Å². The SMILES string of the molecule is Cc1cccc(Cc2cc(CN3CCCC(C#N)C3)nn2-c2ccc(S(N)(=O)=O)cc2F)c1. The number of primary sulfonamides is 1. The van der Waals surface area contributed by atoms with Crippen LogP contribution in [0.3, 0.4) is 0 Å². The molecule has 33 heavy (non-hydrogen) atoms. The molecule has 1 aliphatic heterocycles. The third kappa shape index (κ3) is 5.47. The molecule has 2 N–H and O–H groups in total. The zero-order chi connectivity index (χ0) is 23.6. The van der Waals surface area contributed by atoms with Gasteiger partial charge in [-0.1, -0.05) is 29.8 Å². The summed E-state index contributed by atoms with van der Waals surface area (Å²) >= 11 is 0. The van der Waals surface area contributed by atoms with Gasteiger partial charge in [0.05, 0.1) is 22.6 Å². The predicted molar refractivity (Wildman–Crippen MR) is 122 cm³/mol. The van der Waals surface area contributed by atoms with Crippen molar-refractivity contribution >= 4 is 10.0 Å². The lowest BCUT2D eigenvalue weighted by atomic mass is 9.99. The smallest absolute Gasteiger partial charge is 0.238 e. The Balaban J connectivity index is 1.70. The van der Waals surface area contributed by atoms with Crippen LogP contribution < -0.4 is 5.14 Å². The number of nitrogens with zero attached hydrogens (tertiary/aromatic N) is 4. The lowest BCUT2D eigenvalue weighted by molar-refractivity contribution is 0.190. The number of hydrogen-bond donors (Lipinski definition) is 1. The molecule has 4 rings (SSSR count). The Hall–Kier alpha value is -3.06. The summed E-state index contributed by atoms with van der Waals surface area (Å²) in [5.41, 5.74) is 3.90. The highest BCUT2D eigenvalue weighted by molar-refractivity contribution is 7.89. The van der Waals surface area contributed by atoms with Gasteiger partial charge < -0.3 is 0 Å². The standard InChI is InChI=1S/C24H26FN5O2S/c1-17-4-2-5-18(10-17)11-21-12-20(16-29-9-3-6-19(14-26)15-29)28-30(21)24-8-7-22(13-23(24)25)33(27,31)32/h2,4-5,7-8,10,12-13,19H,3,6,9,11,15-16H2,1H3,(H2,27,31,32). The van der Waals surface area contributed by atoms with E-state index in [0.717, 1.165) is 48.0 Å². The van der Waals surface area contributed by atoms with Crippen molar-refractivity contribution < 1.29 is 12.8 Å². The highest BCUT2D eigenvalue weighted by atomic mass is 32.2. The number of aromatic nitrogens is 2. The van der Waals surface area contributed by atoms with Crippen LogP contribution >= 0.6 is 0 Å². The highest BCUT2D eigenvalue weighted by Crippen LogP contribution is 2.24. The second-order valence-corrected chi connectivity index (χ2v) is 10.1. The van der Waals surface area contributed by atoms with Gasteiger partial charge in [-0.05, 0) is 56.1 Å². The fraction of sp³-hybridized carbons (Fsp3) is 0.333. The highest BCUT2D eigenvalue weighted by Gasteiger charge is 2.22. The molecule has 172 valence electrons. The Morgan fingerprint density at radius 1 is 1.24 bits per heavy atom. The molecular weight excluding hydrogens is 441 g/mol. The molecule has 1 fully saturated rings. The predicted octanol–water partition coefficient (Wildman–Crippen LogP) is 3.29. The van der Waals surface area contributed by atoms with Crippen molar-refractivity contribution in [2.24, 2.45) is 11.1 Å². The third-order valence-electron chi connectivity index (χ3n) is 5.85. The van der Waals surface area contributed by atoms with Crippen LogP contribution in [-0.4, -0.2) is 36.2 Å². The minimum absolute atomic E-state index is 0.0100. The second kappa shape index (κ2) is 9.43. The van der Waals surface area contributed by atoms with Crippen LogP contribution in [0.2, 0.25) is 0 Å². The molecular formula is C24H26FN5O2S. The summed E-state index contributed by atoms with van der Waals surface area (Å²) in [6.07, 6.45) is 2.40. The van der Waals surface area contributed by atoms with Gasteiger partial charge in [-0.3, -0.25) is 4.90 Å². The number of sulfonamides is 1. The average Bonchev–Trinajstić information content (AvgIpc) is 3.14. The van der Waals surface area contributed by atoms with Crippen molar-refractivity contribution in [3.63, 3.8) is 0 Å². The van der Waals surface area contributed by atoms with Crippen LogP contribution in [0, 0.1) is 30.0 Å². The van der Waals surface area contributed by atoms with Gasteiger partial charge >= 0.3 is 0 Å². The molecule has 2 heterocycles. The van der Waals surface area contributed by atoms with Gasteiger partial charge in [0.1, 0.15) is 11.5 Å². The van der Waals surface area contributed by atoms with Gasteiger partial charge in [0, 0.05) is 25.2 Å². The van der Waals surface area contributed by atoms with Crippen LogP contribution in [0.15, 0.2) is 53.4 Å². The number of nitrogens with two attached hydrogens (primary N) is 1. The van der Waals surface area contributed by atoms with E-state index in [1.807, 2.05) is 31.2 Å². The third-order valence-corrected chi connectivity index (χ3v) is 6.76. The lowest BCUT2D eigenvalue weighted by Gasteiger charge is -2.28. The summed E-state index contributed by atoms with van der Waals surface area (Å²) in [6, 6.07) is 16.0. The number of hydrogen-bond acceptors (Lipinski definition) is 5. The van der Waals surface area contributed by atoms with Crippen molar-refractivity contribution in [3.05, 3.63) is 76.9 Å². The minimum atomic E-state index is -4.01. The largest absolute Gasteiger partial charge is 0.296 e. The van der Waals surface area contributed by atoms with Crippen LogP contribution in [0.5, 0.6) is 0 Å². The van der Waals surface area contributed by atoms with E-state index in [-0.39, 0.29) is 16.5 Å². The maximum atomic E-state index is 15.0. The van der Waals surface area contributed by atoms with Crippen LogP contribution in [0.1, 0.15) is 35.4 Å². The summed E-state index contributed by atoms with van der Waals surface area (Å²) in [6.45, 7) is 4.15. The van der Waals surface area contributed by atoms with Crippen molar-refractivity contribution in [1.82, 2.24) is 14.7 Å². The van der Waals surface area contributed by atoms with Crippen LogP contribution in [0.4, 0.5) is 4.39 Å². The number of benzene rings is 2. The average molecular weight is 468 g/mol. The Bertz CT molecular complexity index is 1310. The Morgan fingerprint density at radius 3 is 2.76 bits per heavy atom. The fourth-order valence-electron chi connectivity index (χ4n) is 4.29. The van der Waals surface area contributed by atoms with Gasteiger partial charge in [-0.25, -0.2) is 22.6 Å². The van der Waals surface area contributed by atoms with Gasteiger partial charge in [-0.15, -0.1) is 0 Å². The Morgan fingerprint density at radius 2 is 2.06 bits per heavy atom. The maximum Gasteiger partial charge on any atom is 0.238 e. The number of piperidine rings is 1. The molecule has 9 heteroatoms. The quantitative estimate of drug-likeness (QED) is 0.599. The van der Waals surface area contributed by atoms with Gasteiger partial charge in [0.15, 0.2) is 0 Å². The fourth-order valence-corrected chi connectivity index (χ4v) is 4.81. The summed E-state index contributed by atoms with van der Waals surface area (Å²) in [7, 11) is -4.01.